The van der Waals surface area contributed by atoms with Crippen molar-refractivity contribution in [2.75, 3.05) is 19.3 Å². The lowest BCUT2D eigenvalue weighted by molar-refractivity contribution is -0.118. The highest BCUT2D eigenvalue weighted by atomic mass is 32.2. The van der Waals surface area contributed by atoms with Crippen LogP contribution in [0.3, 0.4) is 0 Å². The lowest BCUT2D eigenvalue weighted by Gasteiger charge is -2.16. The van der Waals surface area contributed by atoms with Gasteiger partial charge in [0, 0.05) is 7.05 Å². The highest BCUT2D eigenvalue weighted by molar-refractivity contribution is 7.89. The van der Waals surface area contributed by atoms with Crippen molar-refractivity contribution in [3.8, 4) is 0 Å². The van der Waals surface area contributed by atoms with Gasteiger partial charge in [0.05, 0.1) is 12.2 Å². The van der Waals surface area contributed by atoms with E-state index in [0.717, 1.165) is 13.1 Å². The number of primary amides is 1. The van der Waals surface area contributed by atoms with E-state index in [4.69, 9.17) is 11.5 Å². The van der Waals surface area contributed by atoms with Crippen molar-refractivity contribution in [2.45, 2.75) is 4.90 Å². The Morgan fingerprint density at radius 3 is 2.53 bits per heavy atom. The van der Waals surface area contributed by atoms with E-state index in [1.165, 1.54) is 12.1 Å². The molecule has 17 heavy (non-hydrogen) atoms. The molecule has 0 fully saturated rings. The second kappa shape index (κ2) is 4.68. The fraction of sp³-hybridized carbons (Fsp3) is 0.222. The largest absolute Gasteiger partial charge is 0.398 e. The van der Waals surface area contributed by atoms with Crippen LogP contribution in [0.15, 0.2) is 23.1 Å². The molecule has 1 aromatic rings. The maximum absolute atomic E-state index is 13.4. The van der Waals surface area contributed by atoms with Crippen molar-refractivity contribution in [3.63, 3.8) is 0 Å². The average molecular weight is 261 g/mol. The lowest BCUT2D eigenvalue weighted by Crippen LogP contribution is -2.36. The summed E-state index contributed by atoms with van der Waals surface area (Å²) in [5.74, 6) is -1.81. The number of nitrogen functional groups attached to an aromatic ring is 1. The first-order valence-electron chi connectivity index (χ1n) is 4.55. The molecule has 0 spiro atoms. The second-order valence-corrected chi connectivity index (χ2v) is 5.37. The van der Waals surface area contributed by atoms with Gasteiger partial charge in [-0.25, -0.2) is 12.8 Å². The first kappa shape index (κ1) is 13.4. The summed E-state index contributed by atoms with van der Waals surface area (Å²) < 4.78 is 37.9. The van der Waals surface area contributed by atoms with Crippen LogP contribution >= 0.6 is 0 Å². The molecule has 4 N–H and O–H groups in total. The van der Waals surface area contributed by atoms with Gasteiger partial charge in [0.2, 0.25) is 15.9 Å². The van der Waals surface area contributed by atoms with Crippen LogP contribution in [0.4, 0.5) is 10.1 Å². The normalized spacial score (nSPS) is 11.7. The van der Waals surface area contributed by atoms with Crippen molar-refractivity contribution in [3.05, 3.63) is 24.0 Å². The van der Waals surface area contributed by atoms with Crippen LogP contribution in [0.1, 0.15) is 0 Å². The smallest absolute Gasteiger partial charge is 0.248 e. The number of nitrogens with two attached hydrogens (primary N) is 2. The van der Waals surface area contributed by atoms with Gasteiger partial charge in [-0.15, -0.1) is 0 Å². The van der Waals surface area contributed by atoms with Crippen LogP contribution in [0.25, 0.3) is 0 Å². The number of rotatable bonds is 4. The number of carbonyl (C=O) groups excluding carboxylic acids is 1. The van der Waals surface area contributed by atoms with Crippen LogP contribution in [-0.2, 0) is 14.8 Å². The molecule has 0 aliphatic heterocycles. The predicted octanol–water partition coefficient (Wildman–Crippen LogP) is -0.486. The first-order chi connectivity index (χ1) is 7.76. The van der Waals surface area contributed by atoms with Gasteiger partial charge in [-0.1, -0.05) is 6.07 Å². The number of nitrogens with zero attached hydrogens (tertiary/aromatic N) is 1. The molecule has 0 saturated carbocycles. The van der Waals surface area contributed by atoms with Gasteiger partial charge in [0.25, 0.3) is 0 Å². The number of benzene rings is 1. The molecule has 1 aromatic carbocycles. The van der Waals surface area contributed by atoms with E-state index in [1.54, 1.807) is 0 Å². The van der Waals surface area contributed by atoms with Crippen molar-refractivity contribution < 1.29 is 17.6 Å². The number of carbonyl (C=O) groups is 1. The summed E-state index contributed by atoms with van der Waals surface area (Å²) in [6.45, 7) is -0.546. The van der Waals surface area contributed by atoms with E-state index >= 15 is 0 Å². The van der Waals surface area contributed by atoms with E-state index in [0.29, 0.717) is 4.31 Å². The van der Waals surface area contributed by atoms with Crippen LogP contribution in [0.5, 0.6) is 0 Å². The first-order valence-corrected chi connectivity index (χ1v) is 5.99. The monoisotopic (exact) mass is 261 g/mol. The molecule has 0 heterocycles. The highest BCUT2D eigenvalue weighted by Crippen LogP contribution is 2.24. The van der Waals surface area contributed by atoms with Crippen molar-refractivity contribution in [1.29, 1.82) is 0 Å². The van der Waals surface area contributed by atoms with E-state index in [1.807, 2.05) is 0 Å². The summed E-state index contributed by atoms with van der Waals surface area (Å²) >= 11 is 0. The number of hydrogen-bond acceptors (Lipinski definition) is 4. The maximum Gasteiger partial charge on any atom is 0.248 e. The summed E-state index contributed by atoms with van der Waals surface area (Å²) in [4.78, 5) is 10.00. The molecule has 94 valence electrons. The van der Waals surface area contributed by atoms with Crippen molar-refractivity contribution >= 4 is 21.6 Å². The molecule has 0 aliphatic rings. The average Bonchev–Trinajstić information content (AvgIpc) is 2.15. The molecule has 1 amide bonds. The maximum atomic E-state index is 13.4. The molecular weight excluding hydrogens is 249 g/mol. The molecule has 0 atom stereocenters. The summed E-state index contributed by atoms with van der Waals surface area (Å²) in [5.41, 5.74) is 10.1. The molecular formula is C9H12FN3O3S. The molecule has 6 nitrogen and oxygen atoms in total. The molecule has 0 aromatic heterocycles. The summed E-state index contributed by atoms with van der Waals surface area (Å²) in [6, 6.07) is 3.52. The van der Waals surface area contributed by atoms with Gasteiger partial charge >= 0.3 is 0 Å². The number of likely N-dealkylation sites (N-methyl/N-ethyl adjacent to an activating group) is 1. The molecule has 0 radical (unpaired) electrons. The zero-order valence-corrected chi connectivity index (χ0v) is 9.87. The SMILES string of the molecule is CN(CC(N)=O)S(=O)(=O)c1c(N)cccc1F. The standard InChI is InChI=1S/C9H12FN3O3S/c1-13(5-8(12)14)17(15,16)9-6(10)3-2-4-7(9)11/h2-4H,5,11H2,1H3,(H2,12,14). The number of halogens is 1. The van der Waals surface area contributed by atoms with E-state index in [9.17, 15) is 17.6 Å². The number of sulfonamides is 1. The Labute approximate surface area is 98.1 Å². The molecule has 0 unspecified atom stereocenters. The van der Waals surface area contributed by atoms with E-state index < -0.39 is 33.2 Å². The molecule has 0 aliphatic carbocycles. The highest BCUT2D eigenvalue weighted by Gasteiger charge is 2.27. The zero-order chi connectivity index (χ0) is 13.2. The number of amides is 1. The van der Waals surface area contributed by atoms with Crippen LogP contribution < -0.4 is 11.5 Å². The van der Waals surface area contributed by atoms with E-state index in [2.05, 4.69) is 0 Å². The minimum absolute atomic E-state index is 0.221. The van der Waals surface area contributed by atoms with Gasteiger partial charge in [0.1, 0.15) is 10.7 Å². The third kappa shape index (κ3) is 2.71. The van der Waals surface area contributed by atoms with Gasteiger partial charge in [0.15, 0.2) is 0 Å². The van der Waals surface area contributed by atoms with Crippen molar-refractivity contribution in [1.82, 2.24) is 4.31 Å². The summed E-state index contributed by atoms with van der Waals surface area (Å²) in [7, 11) is -3.05. The van der Waals surface area contributed by atoms with Gasteiger partial charge in [-0.2, -0.15) is 4.31 Å². The Kier molecular flexibility index (Phi) is 3.69. The van der Waals surface area contributed by atoms with Crippen molar-refractivity contribution in [2.24, 2.45) is 5.73 Å². The lowest BCUT2D eigenvalue weighted by atomic mass is 10.3. The number of anilines is 1. The van der Waals surface area contributed by atoms with Crippen LogP contribution in [0, 0.1) is 5.82 Å². The van der Waals surface area contributed by atoms with Gasteiger partial charge < -0.3 is 11.5 Å². The molecule has 1 rings (SSSR count). The Hall–Kier alpha value is -1.67. The predicted molar refractivity (Wildman–Crippen MR) is 59.8 cm³/mol. The third-order valence-electron chi connectivity index (χ3n) is 2.04. The second-order valence-electron chi connectivity index (χ2n) is 3.39. The third-order valence-corrected chi connectivity index (χ3v) is 3.94. The minimum atomic E-state index is -4.16. The summed E-state index contributed by atoms with van der Waals surface area (Å²) in [6.07, 6.45) is 0. The fourth-order valence-corrected chi connectivity index (χ4v) is 2.55. The molecule has 0 saturated heterocycles. The van der Waals surface area contributed by atoms with E-state index in [-0.39, 0.29) is 5.69 Å². The summed E-state index contributed by atoms with van der Waals surface area (Å²) in [5, 5.41) is 0. The zero-order valence-electron chi connectivity index (χ0n) is 9.05. The fourth-order valence-electron chi connectivity index (χ4n) is 1.26. The quantitative estimate of drug-likeness (QED) is 0.713. The topological polar surface area (TPSA) is 106 Å². The van der Waals surface area contributed by atoms with Crippen LogP contribution in [0.2, 0.25) is 0 Å². The molecule has 0 bridgehead atoms. The van der Waals surface area contributed by atoms with Gasteiger partial charge in [-0.3, -0.25) is 4.79 Å². The minimum Gasteiger partial charge on any atom is -0.398 e. The number of hydrogen-bond donors (Lipinski definition) is 2. The Morgan fingerprint density at radius 2 is 2.06 bits per heavy atom. The molecule has 8 heteroatoms. The Bertz CT molecular complexity index is 524. The Balaban J connectivity index is 3.27. The van der Waals surface area contributed by atoms with Crippen LogP contribution in [-0.4, -0.2) is 32.2 Å². The Morgan fingerprint density at radius 1 is 1.47 bits per heavy atom. The van der Waals surface area contributed by atoms with Gasteiger partial charge in [-0.05, 0) is 12.1 Å².